The maximum Gasteiger partial charge on any atom is 0.233 e. The molecule has 1 aliphatic rings. The van der Waals surface area contributed by atoms with Crippen molar-refractivity contribution in [1.29, 1.82) is 0 Å². The van der Waals surface area contributed by atoms with Crippen LogP contribution >= 0.6 is 0 Å². The summed E-state index contributed by atoms with van der Waals surface area (Å²) in [5, 5.41) is 2.85. The lowest BCUT2D eigenvalue weighted by Gasteiger charge is -2.26. The van der Waals surface area contributed by atoms with Crippen LogP contribution < -0.4 is 5.32 Å². The Morgan fingerprint density at radius 3 is 2.38 bits per heavy atom. The highest BCUT2D eigenvalue weighted by Gasteiger charge is 2.61. The third-order valence-corrected chi connectivity index (χ3v) is 4.42. The molecule has 1 saturated carbocycles. The second-order valence-corrected chi connectivity index (χ2v) is 5.65. The molecular formula is C17H24N2O2. The van der Waals surface area contributed by atoms with E-state index in [1.54, 1.807) is 0 Å². The van der Waals surface area contributed by atoms with E-state index in [4.69, 9.17) is 0 Å². The molecule has 1 aromatic rings. The molecule has 1 aromatic carbocycles. The molecule has 0 aliphatic heterocycles. The van der Waals surface area contributed by atoms with E-state index in [-0.39, 0.29) is 17.7 Å². The fraction of sp³-hybridized carbons (Fsp3) is 0.529. The average Bonchev–Trinajstić information content (AvgIpc) is 3.23. The summed E-state index contributed by atoms with van der Waals surface area (Å²) in [7, 11) is 0. The molecule has 0 radical (unpaired) electrons. The molecule has 2 atom stereocenters. The van der Waals surface area contributed by atoms with Gasteiger partial charge in [0.05, 0.1) is 5.41 Å². The predicted octanol–water partition coefficient (Wildman–Crippen LogP) is 1.95. The average molecular weight is 288 g/mol. The number of nitrogens with zero attached hydrogens (tertiary/aromatic N) is 1. The van der Waals surface area contributed by atoms with Gasteiger partial charge in [-0.1, -0.05) is 30.3 Å². The Labute approximate surface area is 126 Å². The molecule has 21 heavy (non-hydrogen) atoms. The summed E-state index contributed by atoms with van der Waals surface area (Å²) in [6.07, 6.45) is 0.812. The highest BCUT2D eigenvalue weighted by Crippen LogP contribution is 2.55. The minimum absolute atomic E-state index is 0.0425. The number of hydrogen-bond acceptors (Lipinski definition) is 2. The van der Waals surface area contributed by atoms with Crippen LogP contribution in [0.3, 0.4) is 0 Å². The smallest absolute Gasteiger partial charge is 0.233 e. The molecule has 0 aromatic heterocycles. The van der Waals surface area contributed by atoms with Crippen molar-refractivity contribution >= 4 is 11.8 Å². The van der Waals surface area contributed by atoms with Crippen molar-refractivity contribution in [1.82, 2.24) is 10.2 Å². The van der Waals surface area contributed by atoms with E-state index in [1.807, 2.05) is 49.1 Å². The molecule has 1 aliphatic carbocycles. The summed E-state index contributed by atoms with van der Waals surface area (Å²) in [4.78, 5) is 26.0. The Bertz CT molecular complexity index is 511. The van der Waals surface area contributed by atoms with Gasteiger partial charge in [-0.3, -0.25) is 9.59 Å². The highest BCUT2D eigenvalue weighted by atomic mass is 16.2. The Morgan fingerprint density at radius 1 is 1.24 bits per heavy atom. The van der Waals surface area contributed by atoms with Crippen molar-refractivity contribution in [3.05, 3.63) is 35.9 Å². The van der Waals surface area contributed by atoms with Crippen LogP contribution in [0.25, 0.3) is 0 Å². The number of likely N-dealkylation sites (N-methyl/N-ethyl adjacent to an activating group) is 1. The molecular weight excluding hydrogens is 264 g/mol. The van der Waals surface area contributed by atoms with Gasteiger partial charge in [-0.2, -0.15) is 0 Å². The van der Waals surface area contributed by atoms with Crippen LogP contribution in [0.15, 0.2) is 30.3 Å². The molecule has 2 amide bonds. The Balaban J connectivity index is 2.25. The third kappa shape index (κ3) is 2.94. The van der Waals surface area contributed by atoms with Gasteiger partial charge >= 0.3 is 0 Å². The summed E-state index contributed by atoms with van der Waals surface area (Å²) >= 11 is 0. The van der Waals surface area contributed by atoms with E-state index in [2.05, 4.69) is 5.32 Å². The van der Waals surface area contributed by atoms with Gasteiger partial charge < -0.3 is 10.2 Å². The summed E-state index contributed by atoms with van der Waals surface area (Å²) in [6.45, 7) is 7.53. The van der Waals surface area contributed by atoms with Crippen molar-refractivity contribution in [2.45, 2.75) is 32.6 Å². The van der Waals surface area contributed by atoms with Crippen LogP contribution in [0, 0.1) is 5.92 Å². The van der Waals surface area contributed by atoms with Crippen LogP contribution in [0.1, 0.15) is 32.8 Å². The summed E-state index contributed by atoms with van der Waals surface area (Å²) in [5.74, 6) is 0.338. The SMILES string of the molecule is CCN(CC)C(=O)[C@]1(c2ccccc2)C[C@@H]1CNC(C)=O. The quantitative estimate of drug-likeness (QED) is 0.870. The normalized spacial score (nSPS) is 23.5. The third-order valence-electron chi connectivity index (χ3n) is 4.42. The zero-order chi connectivity index (χ0) is 15.5. The number of carbonyl (C=O) groups is 2. The van der Waals surface area contributed by atoms with E-state index in [0.717, 1.165) is 25.1 Å². The van der Waals surface area contributed by atoms with Crippen LogP contribution in [0.2, 0.25) is 0 Å². The van der Waals surface area contributed by atoms with Crippen LogP contribution in [-0.4, -0.2) is 36.3 Å². The number of amides is 2. The monoisotopic (exact) mass is 288 g/mol. The molecule has 2 rings (SSSR count). The topological polar surface area (TPSA) is 49.4 Å². The minimum atomic E-state index is -0.449. The second kappa shape index (κ2) is 6.29. The van der Waals surface area contributed by atoms with Crippen molar-refractivity contribution in [2.75, 3.05) is 19.6 Å². The molecule has 0 bridgehead atoms. The molecule has 0 spiro atoms. The van der Waals surface area contributed by atoms with Crippen LogP contribution in [0.4, 0.5) is 0 Å². The van der Waals surface area contributed by atoms with E-state index in [0.29, 0.717) is 6.54 Å². The number of rotatable bonds is 6. The second-order valence-electron chi connectivity index (χ2n) is 5.65. The maximum absolute atomic E-state index is 13.0. The van der Waals surface area contributed by atoms with Gasteiger partial charge in [0.25, 0.3) is 0 Å². The first-order valence-electron chi connectivity index (χ1n) is 7.65. The zero-order valence-corrected chi connectivity index (χ0v) is 13.1. The van der Waals surface area contributed by atoms with Crippen LogP contribution in [-0.2, 0) is 15.0 Å². The van der Waals surface area contributed by atoms with Gasteiger partial charge in [-0.25, -0.2) is 0 Å². The summed E-state index contributed by atoms with van der Waals surface area (Å²) < 4.78 is 0. The van der Waals surface area contributed by atoms with E-state index in [9.17, 15) is 9.59 Å². The first-order valence-corrected chi connectivity index (χ1v) is 7.65. The fourth-order valence-corrected chi connectivity index (χ4v) is 3.11. The standard InChI is InChI=1S/C17H24N2O2/c1-4-19(5-2)16(21)17(14-9-7-6-8-10-14)11-15(17)12-18-13(3)20/h6-10,15H,4-5,11-12H2,1-3H3,(H,18,20)/t15-,17+/m1/s1. The Morgan fingerprint density at radius 2 is 1.86 bits per heavy atom. The fourth-order valence-electron chi connectivity index (χ4n) is 3.11. The number of nitrogens with one attached hydrogen (secondary N) is 1. The lowest BCUT2D eigenvalue weighted by Crippen LogP contribution is -2.41. The molecule has 114 valence electrons. The lowest BCUT2D eigenvalue weighted by molar-refractivity contribution is -0.134. The molecule has 1 N–H and O–H groups in total. The first-order chi connectivity index (χ1) is 10.1. The van der Waals surface area contributed by atoms with Crippen molar-refractivity contribution in [2.24, 2.45) is 5.92 Å². The van der Waals surface area contributed by atoms with Gasteiger partial charge in [0.15, 0.2) is 0 Å². The van der Waals surface area contributed by atoms with E-state index >= 15 is 0 Å². The van der Waals surface area contributed by atoms with E-state index < -0.39 is 5.41 Å². The van der Waals surface area contributed by atoms with Gasteiger partial charge in [0.1, 0.15) is 0 Å². The maximum atomic E-state index is 13.0. The van der Waals surface area contributed by atoms with Crippen molar-refractivity contribution in [3.8, 4) is 0 Å². The summed E-state index contributed by atoms with van der Waals surface area (Å²) in [5.41, 5.74) is 0.618. The van der Waals surface area contributed by atoms with Crippen molar-refractivity contribution in [3.63, 3.8) is 0 Å². The molecule has 4 nitrogen and oxygen atoms in total. The number of hydrogen-bond donors (Lipinski definition) is 1. The Hall–Kier alpha value is -1.84. The molecule has 1 fully saturated rings. The molecule has 0 unspecified atom stereocenters. The number of benzene rings is 1. The van der Waals surface area contributed by atoms with Gasteiger partial charge in [0.2, 0.25) is 11.8 Å². The molecule has 4 heteroatoms. The molecule has 0 heterocycles. The van der Waals surface area contributed by atoms with E-state index in [1.165, 1.54) is 6.92 Å². The van der Waals surface area contributed by atoms with Gasteiger partial charge in [-0.15, -0.1) is 0 Å². The zero-order valence-electron chi connectivity index (χ0n) is 13.1. The van der Waals surface area contributed by atoms with Gasteiger partial charge in [0, 0.05) is 26.6 Å². The van der Waals surface area contributed by atoms with Crippen molar-refractivity contribution < 1.29 is 9.59 Å². The molecule has 0 saturated heterocycles. The number of carbonyl (C=O) groups excluding carboxylic acids is 2. The highest BCUT2D eigenvalue weighted by molar-refractivity contribution is 5.92. The first kappa shape index (κ1) is 15.5. The summed E-state index contributed by atoms with van der Waals surface area (Å²) in [6, 6.07) is 9.95. The lowest BCUT2D eigenvalue weighted by atomic mass is 9.91. The predicted molar refractivity (Wildman–Crippen MR) is 82.8 cm³/mol. The largest absolute Gasteiger partial charge is 0.356 e. The Kier molecular flexibility index (Phi) is 4.66. The van der Waals surface area contributed by atoms with Gasteiger partial charge in [-0.05, 0) is 31.7 Å². The van der Waals surface area contributed by atoms with Crippen LogP contribution in [0.5, 0.6) is 0 Å². The minimum Gasteiger partial charge on any atom is -0.356 e.